The molecule has 0 aliphatic heterocycles. The first kappa shape index (κ1) is 33.5. The van der Waals surface area contributed by atoms with E-state index in [1.165, 1.54) is 6.92 Å². The molecule has 0 heterocycles. The average molecular weight is 537 g/mol. The van der Waals surface area contributed by atoms with Crippen molar-refractivity contribution in [2.24, 2.45) is 11.3 Å². The highest BCUT2D eigenvalue weighted by atomic mass is 16.5. The average Bonchev–Trinajstić information content (AvgIpc) is 2.81. The maximum atomic E-state index is 12.0. The Labute approximate surface area is 233 Å². The van der Waals surface area contributed by atoms with Crippen LogP contribution >= 0.6 is 0 Å². The van der Waals surface area contributed by atoms with Gasteiger partial charge in [-0.1, -0.05) is 104 Å². The molecule has 2 atom stereocenters. The molecule has 0 saturated heterocycles. The van der Waals surface area contributed by atoms with Crippen LogP contribution in [0.25, 0.3) is 0 Å². The maximum Gasteiger partial charge on any atom is 0.328 e. The van der Waals surface area contributed by atoms with Gasteiger partial charge in [-0.05, 0) is 38.7 Å². The fourth-order valence-electron chi connectivity index (χ4n) is 4.38. The molecule has 1 unspecified atom stereocenters. The second kappa shape index (κ2) is 15.8. The van der Waals surface area contributed by atoms with Crippen LogP contribution in [0.1, 0.15) is 67.7 Å². The fourth-order valence-corrected chi connectivity index (χ4v) is 4.38. The second-order valence-corrected chi connectivity index (χ2v) is 10.9. The summed E-state index contributed by atoms with van der Waals surface area (Å²) < 4.78 is 4.89. The summed E-state index contributed by atoms with van der Waals surface area (Å²) in [4.78, 5) is 33.9. The van der Waals surface area contributed by atoms with E-state index in [2.05, 4.69) is 0 Å². The van der Waals surface area contributed by atoms with Gasteiger partial charge in [-0.2, -0.15) is 0 Å². The van der Waals surface area contributed by atoms with Crippen molar-refractivity contribution in [1.82, 2.24) is 0 Å². The molecule has 39 heavy (non-hydrogen) atoms. The SMILES string of the molecule is CC(=O)OC/C(=C\C(=O)O)C/C=C/C(C)=C/C=C/C=C(C)/C=C/C=C(C)/C=C/[C@]1(O)C(C)CC(=O)CC1(C)C. The number of ketones is 1. The van der Waals surface area contributed by atoms with Gasteiger partial charge in [0.1, 0.15) is 12.4 Å². The van der Waals surface area contributed by atoms with Crippen LogP contribution < -0.4 is 0 Å². The summed E-state index contributed by atoms with van der Waals surface area (Å²) in [5, 5.41) is 20.2. The fraction of sp³-hybridized carbons (Fsp3) is 0.424. The Morgan fingerprint density at radius 3 is 2.08 bits per heavy atom. The molecule has 1 aliphatic rings. The smallest absolute Gasteiger partial charge is 0.328 e. The van der Waals surface area contributed by atoms with Crippen molar-refractivity contribution in [3.05, 3.63) is 95.2 Å². The first-order valence-corrected chi connectivity index (χ1v) is 13.2. The summed E-state index contributed by atoms with van der Waals surface area (Å²) in [6.07, 6.45) is 23.4. The molecule has 0 amide bonds. The molecule has 2 N–H and O–H groups in total. The summed E-state index contributed by atoms with van der Waals surface area (Å²) in [5.74, 6) is -1.45. The van der Waals surface area contributed by atoms with E-state index in [0.717, 1.165) is 22.8 Å². The number of aliphatic carboxylic acids is 1. The van der Waals surface area contributed by atoms with Gasteiger partial charge < -0.3 is 14.9 Å². The topological polar surface area (TPSA) is 101 Å². The van der Waals surface area contributed by atoms with E-state index in [-0.39, 0.29) is 18.3 Å². The number of aliphatic hydroxyl groups is 1. The lowest BCUT2D eigenvalue weighted by atomic mass is 9.60. The number of hydrogen-bond acceptors (Lipinski definition) is 5. The lowest BCUT2D eigenvalue weighted by Gasteiger charge is -2.48. The third-order valence-corrected chi connectivity index (χ3v) is 6.71. The third-order valence-electron chi connectivity index (χ3n) is 6.71. The number of allylic oxidation sites excluding steroid dienone is 13. The number of carbonyl (C=O) groups excluding carboxylic acids is 2. The van der Waals surface area contributed by atoms with Crippen molar-refractivity contribution in [3.8, 4) is 0 Å². The molecular formula is C33H44O6. The van der Waals surface area contributed by atoms with Crippen molar-refractivity contribution < 1.29 is 29.3 Å². The van der Waals surface area contributed by atoms with Crippen LogP contribution in [-0.2, 0) is 19.1 Å². The maximum absolute atomic E-state index is 12.0. The van der Waals surface area contributed by atoms with Crippen LogP contribution in [0.15, 0.2) is 95.2 Å². The van der Waals surface area contributed by atoms with Gasteiger partial charge in [-0.15, -0.1) is 0 Å². The largest absolute Gasteiger partial charge is 0.478 e. The van der Waals surface area contributed by atoms with E-state index in [4.69, 9.17) is 9.84 Å². The first-order valence-electron chi connectivity index (χ1n) is 13.2. The normalized spacial score (nSPS) is 23.5. The van der Waals surface area contributed by atoms with Crippen LogP contribution in [0, 0.1) is 11.3 Å². The van der Waals surface area contributed by atoms with Crippen molar-refractivity contribution in [1.29, 1.82) is 0 Å². The Hall–Kier alpha value is -3.51. The minimum absolute atomic E-state index is 0.0427. The molecule has 0 aromatic heterocycles. The Bertz CT molecular complexity index is 1140. The predicted octanol–water partition coefficient (Wildman–Crippen LogP) is 6.77. The molecule has 1 aliphatic carbocycles. The number of rotatable bonds is 12. The number of ether oxygens (including phenoxy) is 1. The summed E-state index contributed by atoms with van der Waals surface area (Å²) in [6, 6.07) is 0. The van der Waals surface area contributed by atoms with Crippen LogP contribution in [0.2, 0.25) is 0 Å². The van der Waals surface area contributed by atoms with E-state index in [1.54, 1.807) is 0 Å². The summed E-state index contributed by atoms with van der Waals surface area (Å²) >= 11 is 0. The molecule has 0 spiro atoms. The van der Waals surface area contributed by atoms with E-state index in [1.807, 2.05) is 108 Å². The van der Waals surface area contributed by atoms with Gasteiger partial charge in [-0.25, -0.2) is 4.79 Å². The van der Waals surface area contributed by atoms with Crippen molar-refractivity contribution in [2.45, 2.75) is 73.3 Å². The number of esters is 1. The van der Waals surface area contributed by atoms with E-state index in [0.29, 0.717) is 24.8 Å². The standard InChI is InChI=1S/C33H44O6/c1-24(12-8-9-13-25(2)16-11-17-29(21-31(36)37)23-39-28(5)34)14-10-15-26(3)18-19-33(38)27(4)20-30(35)22-32(33,6)7/h8-16,18-19,21,27,38H,17,20,22-23H2,1-7H3,(H,36,37)/b9-8+,14-10+,16-11+,19-18+,24-12+,25-13+,26-15+,29-21-/t27?,33-/m0/s1. The Morgan fingerprint density at radius 1 is 0.949 bits per heavy atom. The van der Waals surface area contributed by atoms with Gasteiger partial charge >= 0.3 is 11.9 Å². The quantitative estimate of drug-likeness (QED) is 0.162. The summed E-state index contributed by atoms with van der Waals surface area (Å²) in [7, 11) is 0. The van der Waals surface area contributed by atoms with E-state index in [9.17, 15) is 19.5 Å². The highest BCUT2D eigenvalue weighted by Crippen LogP contribution is 2.46. The van der Waals surface area contributed by atoms with Crippen LogP contribution in [0.3, 0.4) is 0 Å². The molecule has 0 radical (unpaired) electrons. The predicted molar refractivity (Wildman–Crippen MR) is 157 cm³/mol. The molecule has 6 nitrogen and oxygen atoms in total. The van der Waals surface area contributed by atoms with Crippen LogP contribution in [0.5, 0.6) is 0 Å². The van der Waals surface area contributed by atoms with Gasteiger partial charge in [0.15, 0.2) is 0 Å². The van der Waals surface area contributed by atoms with Gasteiger partial charge in [-0.3, -0.25) is 9.59 Å². The number of hydrogen-bond donors (Lipinski definition) is 2. The first-order chi connectivity index (χ1) is 18.2. The highest BCUT2D eigenvalue weighted by molar-refractivity contribution is 5.81. The molecule has 1 fully saturated rings. The molecular weight excluding hydrogens is 492 g/mol. The molecule has 1 rings (SSSR count). The van der Waals surface area contributed by atoms with Crippen LogP contribution in [0.4, 0.5) is 0 Å². The van der Waals surface area contributed by atoms with Gasteiger partial charge in [0.05, 0.1) is 5.60 Å². The number of carboxylic acid groups (broad SMARTS) is 1. The zero-order chi connectivity index (χ0) is 29.6. The van der Waals surface area contributed by atoms with Crippen LogP contribution in [-0.4, -0.2) is 40.1 Å². The Kier molecular flexibility index (Phi) is 13.6. The van der Waals surface area contributed by atoms with Gasteiger partial charge in [0, 0.05) is 31.3 Å². The Morgan fingerprint density at radius 2 is 1.51 bits per heavy atom. The van der Waals surface area contributed by atoms with E-state index < -0.39 is 23.0 Å². The number of carboxylic acids is 1. The molecule has 1 saturated carbocycles. The van der Waals surface area contributed by atoms with Gasteiger partial charge in [0.2, 0.25) is 0 Å². The van der Waals surface area contributed by atoms with Crippen molar-refractivity contribution in [2.75, 3.05) is 6.61 Å². The summed E-state index contributed by atoms with van der Waals surface area (Å²) in [6.45, 7) is 13.0. The summed E-state index contributed by atoms with van der Waals surface area (Å²) in [5.41, 5.74) is 2.02. The third kappa shape index (κ3) is 12.3. The molecule has 0 bridgehead atoms. The van der Waals surface area contributed by atoms with Gasteiger partial charge in [0.25, 0.3) is 0 Å². The Balaban J connectivity index is 2.70. The lowest BCUT2D eigenvalue weighted by Crippen LogP contribution is -2.53. The number of Topliss-reactive ketones (excluding diaryl/α,β-unsaturated/α-hetero) is 1. The second-order valence-electron chi connectivity index (χ2n) is 10.9. The molecule has 212 valence electrons. The minimum Gasteiger partial charge on any atom is -0.478 e. The minimum atomic E-state index is -1.07. The number of carbonyl (C=O) groups is 3. The molecule has 0 aromatic rings. The molecule has 0 aromatic carbocycles. The lowest BCUT2D eigenvalue weighted by molar-refractivity contribution is -0.142. The highest BCUT2D eigenvalue weighted by Gasteiger charge is 2.50. The van der Waals surface area contributed by atoms with Crippen molar-refractivity contribution >= 4 is 17.7 Å². The van der Waals surface area contributed by atoms with E-state index >= 15 is 0 Å². The monoisotopic (exact) mass is 536 g/mol. The zero-order valence-electron chi connectivity index (χ0n) is 24.4. The van der Waals surface area contributed by atoms with Crippen molar-refractivity contribution in [3.63, 3.8) is 0 Å². The zero-order valence-corrected chi connectivity index (χ0v) is 24.4. The molecule has 6 heteroatoms.